The van der Waals surface area contributed by atoms with Gasteiger partial charge in [-0.05, 0) is 68.5 Å². The topological polar surface area (TPSA) is 69.1 Å². The van der Waals surface area contributed by atoms with Crippen LogP contribution in [0.25, 0.3) is 10.9 Å². The largest absolute Gasteiger partial charge is 0.497 e. The number of rotatable bonds is 11. The van der Waals surface area contributed by atoms with Crippen LogP contribution in [0.5, 0.6) is 5.75 Å². The lowest BCUT2D eigenvalue weighted by Gasteiger charge is -2.41. The minimum atomic E-state index is -1.18. The number of piperidine rings is 1. The fourth-order valence-corrected chi connectivity index (χ4v) is 6.25. The predicted molar refractivity (Wildman–Crippen MR) is 149 cm³/mol. The third-order valence-electron chi connectivity index (χ3n) is 7.74. The van der Waals surface area contributed by atoms with Gasteiger partial charge in [0.05, 0.1) is 30.6 Å². The summed E-state index contributed by atoms with van der Waals surface area (Å²) in [5, 5.41) is 22.6. The van der Waals surface area contributed by atoms with Crippen LogP contribution in [0.15, 0.2) is 41.4 Å². The molecule has 0 amide bonds. The van der Waals surface area contributed by atoms with E-state index in [1.807, 2.05) is 37.2 Å². The SMILES string of the molecule is COc1ccc2ncc(N(C)C)c([C@@H](O)CCC3(CO)CCN(CCSc4cc(F)cc(F)c4F)CC3)c2c1. The number of hydrogen-bond acceptors (Lipinski definition) is 7. The van der Waals surface area contributed by atoms with Crippen LogP contribution in [-0.2, 0) is 0 Å². The Kier molecular flexibility index (Phi) is 9.64. The van der Waals surface area contributed by atoms with Crippen LogP contribution in [0.1, 0.15) is 37.4 Å². The van der Waals surface area contributed by atoms with Gasteiger partial charge in [-0.1, -0.05) is 0 Å². The van der Waals surface area contributed by atoms with Gasteiger partial charge in [-0.15, -0.1) is 11.8 Å². The van der Waals surface area contributed by atoms with Crippen molar-refractivity contribution in [3.8, 4) is 5.75 Å². The van der Waals surface area contributed by atoms with Gasteiger partial charge in [-0.25, -0.2) is 13.2 Å². The summed E-state index contributed by atoms with van der Waals surface area (Å²) in [4.78, 5) is 8.68. The standard InChI is InChI=1S/C29H36F3N3O3S/c1-34(2)24-17-33-23-5-4-20(38-3)16-21(23)27(24)25(37)6-7-29(18-36)8-10-35(11-9-29)12-13-39-26-15-19(30)14-22(31)28(26)32/h4-5,14-17,25,36-37H,6-13,18H2,1-3H3/t25-/m0/s1. The number of halogens is 3. The summed E-state index contributed by atoms with van der Waals surface area (Å²) in [6, 6.07) is 7.19. The average molecular weight is 564 g/mol. The molecule has 212 valence electrons. The number of methoxy groups -OCH3 is 1. The monoisotopic (exact) mass is 563 g/mol. The van der Waals surface area contributed by atoms with Gasteiger partial charge in [0.15, 0.2) is 11.6 Å². The van der Waals surface area contributed by atoms with E-state index in [2.05, 4.69) is 9.88 Å². The fraction of sp³-hybridized carbons (Fsp3) is 0.483. The van der Waals surface area contributed by atoms with Crippen molar-refractivity contribution in [3.05, 3.63) is 59.5 Å². The lowest BCUT2D eigenvalue weighted by molar-refractivity contribution is 0.0255. The third-order valence-corrected chi connectivity index (χ3v) is 8.73. The second-order valence-electron chi connectivity index (χ2n) is 10.4. The lowest BCUT2D eigenvalue weighted by Crippen LogP contribution is -2.43. The number of aliphatic hydroxyl groups is 2. The molecule has 1 aliphatic heterocycles. The van der Waals surface area contributed by atoms with Crippen molar-refractivity contribution in [1.29, 1.82) is 0 Å². The van der Waals surface area contributed by atoms with Crippen molar-refractivity contribution in [3.63, 3.8) is 0 Å². The summed E-state index contributed by atoms with van der Waals surface area (Å²) in [6.07, 6.45) is 3.68. The maximum atomic E-state index is 13.9. The number of likely N-dealkylation sites (tertiary alicyclic amines) is 1. The first-order valence-corrected chi connectivity index (χ1v) is 14.1. The first kappa shape index (κ1) is 29.5. The number of thioether (sulfide) groups is 1. The Morgan fingerprint density at radius 2 is 1.90 bits per heavy atom. The van der Waals surface area contributed by atoms with E-state index in [1.165, 1.54) is 0 Å². The molecule has 1 atom stereocenters. The van der Waals surface area contributed by atoms with Gasteiger partial charge in [0, 0.05) is 54.9 Å². The van der Waals surface area contributed by atoms with Gasteiger partial charge >= 0.3 is 0 Å². The van der Waals surface area contributed by atoms with E-state index in [0.717, 1.165) is 65.9 Å². The molecule has 4 rings (SSSR count). The average Bonchev–Trinajstić information content (AvgIpc) is 2.94. The molecular formula is C29H36F3N3O3S. The predicted octanol–water partition coefficient (Wildman–Crippen LogP) is 5.41. The smallest absolute Gasteiger partial charge is 0.172 e. The molecular weight excluding hydrogens is 527 g/mol. The van der Waals surface area contributed by atoms with Gasteiger partial charge < -0.3 is 24.7 Å². The Morgan fingerprint density at radius 3 is 2.56 bits per heavy atom. The normalized spacial score (nSPS) is 16.4. The molecule has 3 aromatic rings. The molecule has 1 aliphatic rings. The van der Waals surface area contributed by atoms with Crippen LogP contribution in [0.2, 0.25) is 0 Å². The van der Waals surface area contributed by atoms with Crippen LogP contribution in [-0.4, -0.2) is 73.3 Å². The number of anilines is 1. The van der Waals surface area contributed by atoms with Gasteiger partial charge in [-0.3, -0.25) is 4.98 Å². The molecule has 2 aromatic carbocycles. The van der Waals surface area contributed by atoms with Gasteiger partial charge in [0.2, 0.25) is 0 Å². The van der Waals surface area contributed by atoms with Crippen molar-refractivity contribution in [2.75, 3.05) is 58.1 Å². The number of nitrogens with zero attached hydrogens (tertiary/aromatic N) is 3. The Hall–Kier alpha value is -2.53. The second kappa shape index (κ2) is 12.8. The molecule has 2 heterocycles. The maximum absolute atomic E-state index is 13.9. The summed E-state index contributed by atoms with van der Waals surface area (Å²) in [6.45, 7) is 2.16. The summed E-state index contributed by atoms with van der Waals surface area (Å²) in [5.41, 5.74) is 2.11. The molecule has 0 saturated carbocycles. The van der Waals surface area contributed by atoms with Crippen LogP contribution >= 0.6 is 11.8 Å². The summed E-state index contributed by atoms with van der Waals surface area (Å²) in [7, 11) is 5.44. The third kappa shape index (κ3) is 6.80. The van der Waals surface area contributed by atoms with Crippen LogP contribution < -0.4 is 9.64 Å². The van der Waals surface area contributed by atoms with E-state index >= 15 is 0 Å². The van der Waals surface area contributed by atoms with E-state index in [4.69, 9.17) is 4.74 Å². The van der Waals surface area contributed by atoms with Gasteiger partial charge in [0.1, 0.15) is 11.6 Å². The van der Waals surface area contributed by atoms with Crippen LogP contribution in [0.4, 0.5) is 18.9 Å². The summed E-state index contributed by atoms with van der Waals surface area (Å²) < 4.78 is 46.2. The molecule has 10 heteroatoms. The number of fused-ring (bicyclic) bond motifs is 1. The molecule has 0 radical (unpaired) electrons. The number of pyridine rings is 1. The zero-order valence-corrected chi connectivity index (χ0v) is 23.4. The Morgan fingerprint density at radius 1 is 1.15 bits per heavy atom. The van der Waals surface area contributed by atoms with Gasteiger partial charge in [-0.2, -0.15) is 0 Å². The van der Waals surface area contributed by atoms with Crippen molar-refractivity contribution < 1.29 is 28.1 Å². The maximum Gasteiger partial charge on any atom is 0.172 e. The summed E-state index contributed by atoms with van der Waals surface area (Å²) >= 11 is 1.10. The molecule has 39 heavy (non-hydrogen) atoms. The molecule has 0 bridgehead atoms. The molecule has 0 spiro atoms. The molecule has 1 saturated heterocycles. The number of hydrogen-bond donors (Lipinski definition) is 2. The first-order valence-electron chi connectivity index (χ1n) is 13.1. The van der Waals surface area contributed by atoms with Crippen molar-refractivity contribution in [2.24, 2.45) is 5.41 Å². The zero-order valence-electron chi connectivity index (χ0n) is 22.6. The van der Waals surface area contributed by atoms with E-state index < -0.39 is 23.6 Å². The molecule has 0 aliphatic carbocycles. The minimum Gasteiger partial charge on any atom is -0.497 e. The van der Waals surface area contributed by atoms with E-state index in [0.29, 0.717) is 37.0 Å². The molecule has 0 unspecified atom stereocenters. The Bertz CT molecular complexity index is 1290. The highest BCUT2D eigenvalue weighted by molar-refractivity contribution is 7.99. The molecule has 6 nitrogen and oxygen atoms in total. The van der Waals surface area contributed by atoms with Crippen LogP contribution in [0, 0.1) is 22.9 Å². The quantitative estimate of drug-likeness (QED) is 0.239. The van der Waals surface area contributed by atoms with Crippen molar-refractivity contribution in [1.82, 2.24) is 9.88 Å². The lowest BCUT2D eigenvalue weighted by atomic mass is 9.74. The highest BCUT2D eigenvalue weighted by Gasteiger charge is 2.35. The second-order valence-corrected chi connectivity index (χ2v) is 11.6. The van der Waals surface area contributed by atoms with E-state index in [1.54, 1.807) is 13.3 Å². The summed E-state index contributed by atoms with van der Waals surface area (Å²) in [5.74, 6) is -1.80. The van der Waals surface area contributed by atoms with Crippen LogP contribution in [0.3, 0.4) is 0 Å². The van der Waals surface area contributed by atoms with Crippen molar-refractivity contribution >= 4 is 28.4 Å². The minimum absolute atomic E-state index is 0.0263. The van der Waals surface area contributed by atoms with E-state index in [9.17, 15) is 23.4 Å². The number of benzene rings is 2. The van der Waals surface area contributed by atoms with Crippen molar-refractivity contribution in [2.45, 2.75) is 36.7 Å². The number of aliphatic hydroxyl groups excluding tert-OH is 2. The molecule has 2 N–H and O–H groups in total. The number of aromatic nitrogens is 1. The fourth-order valence-electron chi connectivity index (χ4n) is 5.26. The zero-order chi connectivity index (χ0) is 28.2. The highest BCUT2D eigenvalue weighted by atomic mass is 32.2. The first-order chi connectivity index (χ1) is 18.7. The van der Waals surface area contributed by atoms with Gasteiger partial charge in [0.25, 0.3) is 0 Å². The highest BCUT2D eigenvalue weighted by Crippen LogP contribution is 2.41. The molecule has 1 aromatic heterocycles. The Labute approximate surface area is 231 Å². The Balaban J connectivity index is 1.38. The number of ether oxygens (including phenoxy) is 1. The van der Waals surface area contributed by atoms with E-state index in [-0.39, 0.29) is 16.9 Å². The molecule has 1 fully saturated rings.